The molecule has 0 bridgehead atoms. The Morgan fingerprint density at radius 2 is 1.83 bits per heavy atom. The number of hydrogen-bond acceptors (Lipinski definition) is 12. The molecular weight excluding hydrogens is 657 g/mol. The highest BCUT2D eigenvalue weighted by atomic mass is 32.2. The zero-order valence-electron chi connectivity index (χ0n) is 24.9. The minimum atomic E-state index is -0.926. The van der Waals surface area contributed by atoms with Gasteiger partial charge in [-0.3, -0.25) is 19.5 Å². The van der Waals surface area contributed by atoms with Crippen LogP contribution in [0, 0.1) is 0 Å². The van der Waals surface area contributed by atoms with Crippen molar-refractivity contribution < 1.29 is 24.0 Å². The molecule has 0 saturated carbocycles. The van der Waals surface area contributed by atoms with Crippen molar-refractivity contribution in [3.05, 3.63) is 129 Å². The third-order valence-electron chi connectivity index (χ3n) is 7.16. The maximum atomic E-state index is 14.2. The van der Waals surface area contributed by atoms with Crippen LogP contribution in [-0.2, 0) is 24.0 Å². The number of β-lactam (4-membered cyclic amide) rings is 1. The van der Waals surface area contributed by atoms with Crippen LogP contribution < -0.4 is 11.1 Å². The van der Waals surface area contributed by atoms with Gasteiger partial charge in [0.15, 0.2) is 16.9 Å². The number of fused-ring (bicyclic) bond motifs is 1. The zero-order valence-corrected chi connectivity index (χ0v) is 27.3. The second kappa shape index (κ2) is 14.7. The third kappa shape index (κ3) is 7.09. The van der Waals surface area contributed by atoms with Crippen LogP contribution in [0.3, 0.4) is 0 Å². The molecule has 6 rings (SSSR count). The Labute approximate surface area is 282 Å². The van der Waals surface area contributed by atoms with Gasteiger partial charge in [0.25, 0.3) is 11.8 Å². The van der Waals surface area contributed by atoms with Crippen LogP contribution in [0.5, 0.6) is 0 Å². The molecule has 2 aliphatic heterocycles. The van der Waals surface area contributed by atoms with Crippen molar-refractivity contribution in [2.45, 2.75) is 17.5 Å². The number of thioether (sulfide) groups is 2. The van der Waals surface area contributed by atoms with E-state index in [2.05, 4.69) is 20.4 Å². The molecule has 2 amide bonds. The lowest BCUT2D eigenvalue weighted by atomic mass is 10.0. The SMILES string of the molecule is CON=C(C(=O)NC1C(=O)N2C(C(=O)OC(c3ccccc3)c3ccccc3)=C(S/C=C\c3cccnc3)CS[C@@H]12)c1csc(N)n1. The van der Waals surface area contributed by atoms with Crippen molar-refractivity contribution in [3.8, 4) is 0 Å². The molecule has 238 valence electrons. The minimum absolute atomic E-state index is 0.118. The van der Waals surface area contributed by atoms with Crippen molar-refractivity contribution in [2.75, 3.05) is 18.6 Å². The molecule has 4 heterocycles. The number of carbonyl (C=O) groups is 3. The summed E-state index contributed by atoms with van der Waals surface area (Å²) in [5.74, 6) is -1.36. The van der Waals surface area contributed by atoms with Gasteiger partial charge in [0, 0.05) is 28.4 Å². The van der Waals surface area contributed by atoms with Crippen LogP contribution in [0.25, 0.3) is 6.08 Å². The smallest absolute Gasteiger partial charge is 0.356 e. The second-order valence-corrected chi connectivity index (χ2v) is 13.1. The number of carbonyl (C=O) groups excluding carboxylic acids is 3. The summed E-state index contributed by atoms with van der Waals surface area (Å²) in [6, 6.07) is 21.7. The van der Waals surface area contributed by atoms with E-state index in [0.29, 0.717) is 10.7 Å². The van der Waals surface area contributed by atoms with Crippen molar-refractivity contribution in [1.29, 1.82) is 0 Å². The number of benzene rings is 2. The number of ether oxygens (including phenoxy) is 1. The highest BCUT2D eigenvalue weighted by Gasteiger charge is 2.55. The lowest BCUT2D eigenvalue weighted by molar-refractivity contribution is -0.154. The molecule has 47 heavy (non-hydrogen) atoms. The molecule has 0 radical (unpaired) electrons. The maximum Gasteiger partial charge on any atom is 0.356 e. The van der Waals surface area contributed by atoms with Crippen molar-refractivity contribution in [1.82, 2.24) is 20.2 Å². The Kier molecular flexibility index (Phi) is 10.00. The number of rotatable bonds is 11. The molecule has 1 unspecified atom stereocenters. The standard InChI is InChI=1S/C33H28N6O5S3/c1-43-38-25(23-18-47-33(34)36-23)29(40)37-26-30(41)39-27(24(19-46-31(26)39)45-16-14-20-9-8-15-35-17-20)32(42)44-28(21-10-4-2-5-11-21)22-12-6-3-7-13-22/h2-18,26,28,31H,19H2,1H3,(H2,34,36)(H,37,40)/b16-14-,38-25?/t26?,31-/m0/s1. The van der Waals surface area contributed by atoms with Crippen LogP contribution in [-0.4, -0.2) is 62.6 Å². The second-order valence-electron chi connectivity index (χ2n) is 10.1. The monoisotopic (exact) mass is 684 g/mol. The number of oxime groups is 1. The van der Waals surface area contributed by atoms with Gasteiger partial charge in [-0.15, -0.1) is 23.1 Å². The quantitative estimate of drug-likeness (QED) is 0.0975. The van der Waals surface area contributed by atoms with Gasteiger partial charge in [-0.25, -0.2) is 9.78 Å². The number of nitrogens with one attached hydrogen (secondary N) is 1. The fourth-order valence-corrected chi connectivity index (χ4v) is 7.89. The van der Waals surface area contributed by atoms with Crippen LogP contribution in [0.2, 0.25) is 0 Å². The molecule has 2 aliphatic rings. The summed E-state index contributed by atoms with van der Waals surface area (Å²) in [7, 11) is 1.30. The van der Waals surface area contributed by atoms with Crippen molar-refractivity contribution >= 4 is 69.6 Å². The fraction of sp³-hybridized carbons (Fsp3) is 0.152. The lowest BCUT2D eigenvalue weighted by Gasteiger charge is -2.49. The molecule has 11 nitrogen and oxygen atoms in total. The van der Waals surface area contributed by atoms with E-state index in [-0.39, 0.29) is 22.2 Å². The summed E-state index contributed by atoms with van der Waals surface area (Å²) in [5, 5.41) is 9.69. The Hall–Kier alpha value is -4.92. The van der Waals surface area contributed by atoms with E-state index in [4.69, 9.17) is 15.3 Å². The van der Waals surface area contributed by atoms with E-state index in [0.717, 1.165) is 28.0 Å². The summed E-state index contributed by atoms with van der Waals surface area (Å²) in [6.45, 7) is 0. The van der Waals surface area contributed by atoms with Gasteiger partial charge in [-0.05, 0) is 34.2 Å². The summed E-state index contributed by atoms with van der Waals surface area (Å²) in [4.78, 5) is 56.4. The molecule has 3 N–H and O–H groups in total. The van der Waals surface area contributed by atoms with Gasteiger partial charge in [-0.2, -0.15) is 0 Å². The first-order chi connectivity index (χ1) is 22.9. The summed E-state index contributed by atoms with van der Waals surface area (Å²) >= 11 is 3.91. The third-order valence-corrected chi connectivity index (χ3v) is 10.2. The number of nitrogens with two attached hydrogens (primary N) is 1. The highest BCUT2D eigenvalue weighted by Crippen LogP contribution is 2.45. The fourth-order valence-electron chi connectivity index (χ4n) is 4.99. The van der Waals surface area contributed by atoms with E-state index >= 15 is 0 Å². The number of hydrogen-bond donors (Lipinski definition) is 2. The van der Waals surface area contributed by atoms with Gasteiger partial charge >= 0.3 is 5.97 Å². The molecule has 1 saturated heterocycles. The number of aromatic nitrogens is 2. The van der Waals surface area contributed by atoms with Crippen LogP contribution in [0.4, 0.5) is 5.13 Å². The molecule has 2 atom stereocenters. The minimum Gasteiger partial charge on any atom is -0.448 e. The number of esters is 1. The van der Waals surface area contributed by atoms with Gasteiger partial charge in [0.1, 0.15) is 29.9 Å². The predicted octanol–water partition coefficient (Wildman–Crippen LogP) is 4.82. The first-order valence-corrected chi connectivity index (χ1v) is 17.1. The van der Waals surface area contributed by atoms with Gasteiger partial charge in [0.05, 0.1) is 0 Å². The molecule has 0 spiro atoms. The Balaban J connectivity index is 1.29. The van der Waals surface area contributed by atoms with Gasteiger partial charge in [0.2, 0.25) is 0 Å². The number of pyridine rings is 1. The predicted molar refractivity (Wildman–Crippen MR) is 184 cm³/mol. The molecule has 1 fully saturated rings. The largest absolute Gasteiger partial charge is 0.448 e. The zero-order chi connectivity index (χ0) is 32.8. The average Bonchev–Trinajstić information content (AvgIpc) is 3.54. The molecule has 14 heteroatoms. The van der Waals surface area contributed by atoms with Crippen molar-refractivity contribution in [2.24, 2.45) is 5.16 Å². The van der Waals surface area contributed by atoms with Gasteiger partial charge < -0.3 is 20.6 Å². The van der Waals surface area contributed by atoms with E-state index < -0.39 is 35.3 Å². The number of nitrogens with zero attached hydrogens (tertiary/aromatic N) is 4. The van der Waals surface area contributed by atoms with E-state index in [9.17, 15) is 14.4 Å². The average molecular weight is 685 g/mol. The topological polar surface area (TPSA) is 149 Å². The maximum absolute atomic E-state index is 14.2. The summed E-state index contributed by atoms with van der Waals surface area (Å²) in [5.41, 5.74) is 8.45. The molecule has 4 aromatic rings. The molecule has 2 aromatic heterocycles. The summed E-state index contributed by atoms with van der Waals surface area (Å²) in [6.07, 6.45) is 4.58. The highest BCUT2D eigenvalue weighted by molar-refractivity contribution is 8.08. The Morgan fingerprint density at radius 1 is 1.11 bits per heavy atom. The first kappa shape index (κ1) is 32.0. The number of thiazole rings is 1. The van der Waals surface area contributed by atoms with Crippen LogP contribution in [0.15, 0.2) is 112 Å². The Bertz CT molecular complexity index is 1810. The normalized spacial score (nSPS) is 17.8. The van der Waals surface area contributed by atoms with Crippen LogP contribution in [0.1, 0.15) is 28.5 Å². The number of anilines is 1. The number of nitrogen functional groups attached to an aromatic ring is 1. The van der Waals surface area contributed by atoms with Crippen LogP contribution >= 0.6 is 34.9 Å². The lowest BCUT2D eigenvalue weighted by Crippen LogP contribution is -2.71. The van der Waals surface area contributed by atoms with Gasteiger partial charge in [-0.1, -0.05) is 83.6 Å². The molecular formula is C33H28N6O5S3. The van der Waals surface area contributed by atoms with E-state index in [1.165, 1.54) is 35.5 Å². The van der Waals surface area contributed by atoms with E-state index in [1.54, 1.807) is 17.8 Å². The molecule has 0 aliphatic carbocycles. The Morgan fingerprint density at radius 3 is 2.45 bits per heavy atom. The van der Waals surface area contributed by atoms with Crippen molar-refractivity contribution in [3.63, 3.8) is 0 Å². The molecule has 2 aromatic carbocycles. The van der Waals surface area contributed by atoms with E-state index in [1.807, 2.05) is 84.3 Å². The number of amides is 2. The summed E-state index contributed by atoms with van der Waals surface area (Å²) < 4.78 is 6.22. The first-order valence-electron chi connectivity index (χ1n) is 14.3.